The number of nitrogens with one attached hydrogen (secondary N) is 1. The second kappa shape index (κ2) is 9.13. The summed E-state index contributed by atoms with van der Waals surface area (Å²) in [5.41, 5.74) is 3.82. The number of rotatable bonds is 8. The van der Waals surface area contributed by atoms with E-state index < -0.39 is 0 Å². The zero-order chi connectivity index (χ0) is 21.0. The van der Waals surface area contributed by atoms with E-state index in [4.69, 9.17) is 4.74 Å². The summed E-state index contributed by atoms with van der Waals surface area (Å²) in [5, 5.41) is 16.6. The van der Waals surface area contributed by atoms with Gasteiger partial charge in [-0.3, -0.25) is 9.48 Å². The standard InChI is InChI=1S/C20H26N6O2S/c1-6-26-11-15(19(24-26)28-7-2)18-22-23-20(25(18)5)29-12-17(27)21-16-9-8-13(3)10-14(16)4/h8-11H,6-7,12H2,1-5H3,(H,21,27). The Kier molecular flexibility index (Phi) is 6.58. The van der Waals surface area contributed by atoms with Crippen LogP contribution in [0.3, 0.4) is 0 Å². The molecule has 29 heavy (non-hydrogen) atoms. The fourth-order valence-corrected chi connectivity index (χ4v) is 3.62. The number of ether oxygens (including phenoxy) is 1. The number of carbonyl (C=O) groups is 1. The number of benzene rings is 1. The summed E-state index contributed by atoms with van der Waals surface area (Å²) in [7, 11) is 1.87. The first kappa shape index (κ1) is 20.9. The number of anilines is 1. The molecule has 2 heterocycles. The number of hydrogen-bond acceptors (Lipinski definition) is 6. The second-order valence-corrected chi connectivity index (χ2v) is 7.60. The van der Waals surface area contributed by atoms with Crippen LogP contribution in [-0.4, -0.2) is 42.8 Å². The number of amides is 1. The predicted octanol–water partition coefficient (Wildman–Crippen LogP) is 3.44. The number of hydrogen-bond donors (Lipinski definition) is 1. The van der Waals surface area contributed by atoms with Crippen LogP contribution in [0, 0.1) is 13.8 Å². The molecule has 9 heteroatoms. The average Bonchev–Trinajstić information content (AvgIpc) is 3.25. The minimum atomic E-state index is -0.0830. The molecule has 1 N–H and O–H groups in total. The minimum absolute atomic E-state index is 0.0830. The molecule has 154 valence electrons. The monoisotopic (exact) mass is 414 g/mol. The largest absolute Gasteiger partial charge is 0.476 e. The van der Waals surface area contributed by atoms with E-state index in [1.807, 2.05) is 63.7 Å². The molecule has 0 aliphatic carbocycles. The van der Waals surface area contributed by atoms with Crippen LogP contribution in [-0.2, 0) is 18.4 Å². The first-order valence-electron chi connectivity index (χ1n) is 9.52. The Morgan fingerprint density at radius 3 is 2.72 bits per heavy atom. The van der Waals surface area contributed by atoms with Gasteiger partial charge in [-0.25, -0.2) is 0 Å². The summed E-state index contributed by atoms with van der Waals surface area (Å²) in [5.74, 6) is 1.35. The van der Waals surface area contributed by atoms with E-state index in [1.165, 1.54) is 17.3 Å². The lowest BCUT2D eigenvalue weighted by atomic mass is 10.1. The molecule has 0 saturated heterocycles. The molecular weight excluding hydrogens is 388 g/mol. The summed E-state index contributed by atoms with van der Waals surface area (Å²) in [6, 6.07) is 5.95. The van der Waals surface area contributed by atoms with Crippen molar-refractivity contribution in [1.29, 1.82) is 0 Å². The summed E-state index contributed by atoms with van der Waals surface area (Å²) in [6.07, 6.45) is 1.90. The van der Waals surface area contributed by atoms with Crippen molar-refractivity contribution >= 4 is 23.4 Å². The highest BCUT2D eigenvalue weighted by atomic mass is 32.2. The van der Waals surface area contributed by atoms with Crippen LogP contribution in [0.25, 0.3) is 11.4 Å². The smallest absolute Gasteiger partial charge is 0.243 e. The van der Waals surface area contributed by atoms with E-state index in [0.29, 0.717) is 23.5 Å². The maximum atomic E-state index is 12.4. The predicted molar refractivity (Wildman–Crippen MR) is 114 cm³/mol. The van der Waals surface area contributed by atoms with Gasteiger partial charge < -0.3 is 14.6 Å². The van der Waals surface area contributed by atoms with E-state index in [-0.39, 0.29) is 11.7 Å². The number of thioether (sulfide) groups is 1. The van der Waals surface area contributed by atoms with Crippen molar-refractivity contribution in [3.8, 4) is 17.3 Å². The van der Waals surface area contributed by atoms with E-state index in [2.05, 4.69) is 20.6 Å². The Balaban J connectivity index is 1.70. The van der Waals surface area contributed by atoms with Gasteiger partial charge in [-0.2, -0.15) is 0 Å². The van der Waals surface area contributed by atoms with Crippen LogP contribution in [0.4, 0.5) is 5.69 Å². The lowest BCUT2D eigenvalue weighted by molar-refractivity contribution is -0.113. The molecule has 0 spiro atoms. The third-order valence-electron chi connectivity index (χ3n) is 4.40. The average molecular weight is 415 g/mol. The highest BCUT2D eigenvalue weighted by Gasteiger charge is 2.19. The van der Waals surface area contributed by atoms with E-state index >= 15 is 0 Å². The highest BCUT2D eigenvalue weighted by molar-refractivity contribution is 7.99. The fraction of sp³-hybridized carbons (Fsp3) is 0.400. The van der Waals surface area contributed by atoms with Crippen LogP contribution >= 0.6 is 11.8 Å². The Morgan fingerprint density at radius 1 is 1.24 bits per heavy atom. The summed E-state index contributed by atoms with van der Waals surface area (Å²) >= 11 is 1.34. The number of aryl methyl sites for hydroxylation is 3. The van der Waals surface area contributed by atoms with Crippen molar-refractivity contribution in [2.24, 2.45) is 7.05 Å². The van der Waals surface area contributed by atoms with Gasteiger partial charge in [-0.15, -0.1) is 15.3 Å². The van der Waals surface area contributed by atoms with Crippen LogP contribution < -0.4 is 10.1 Å². The molecule has 1 aromatic carbocycles. The SMILES string of the molecule is CCOc1nn(CC)cc1-c1nnc(SCC(=O)Nc2ccc(C)cc2C)n1C. The first-order chi connectivity index (χ1) is 13.9. The molecule has 0 aliphatic rings. The topological polar surface area (TPSA) is 86.9 Å². The Bertz CT molecular complexity index is 1010. The molecule has 0 unspecified atom stereocenters. The van der Waals surface area contributed by atoms with Gasteiger partial charge in [-0.1, -0.05) is 29.5 Å². The van der Waals surface area contributed by atoms with Crippen molar-refractivity contribution < 1.29 is 9.53 Å². The van der Waals surface area contributed by atoms with Gasteiger partial charge in [0.15, 0.2) is 11.0 Å². The fourth-order valence-electron chi connectivity index (χ4n) is 2.91. The third kappa shape index (κ3) is 4.79. The molecule has 0 bridgehead atoms. The van der Waals surface area contributed by atoms with Gasteiger partial charge in [0.2, 0.25) is 11.8 Å². The van der Waals surface area contributed by atoms with Gasteiger partial charge in [0.1, 0.15) is 5.56 Å². The van der Waals surface area contributed by atoms with Crippen LogP contribution in [0.2, 0.25) is 0 Å². The number of nitrogens with zero attached hydrogens (tertiary/aromatic N) is 5. The summed E-state index contributed by atoms with van der Waals surface area (Å²) in [6.45, 7) is 9.20. The second-order valence-electron chi connectivity index (χ2n) is 6.66. The molecule has 0 fully saturated rings. The molecule has 2 aromatic heterocycles. The van der Waals surface area contributed by atoms with Crippen molar-refractivity contribution in [2.75, 3.05) is 17.7 Å². The molecular formula is C20H26N6O2S. The molecule has 0 aliphatic heterocycles. The van der Waals surface area contributed by atoms with Gasteiger partial charge in [-0.05, 0) is 39.3 Å². The van der Waals surface area contributed by atoms with E-state index in [9.17, 15) is 4.79 Å². The zero-order valence-corrected chi connectivity index (χ0v) is 18.2. The Labute approximate surface area is 174 Å². The van der Waals surface area contributed by atoms with Crippen LogP contribution in [0.1, 0.15) is 25.0 Å². The first-order valence-corrected chi connectivity index (χ1v) is 10.5. The van der Waals surface area contributed by atoms with Crippen molar-refractivity contribution in [2.45, 2.75) is 39.4 Å². The van der Waals surface area contributed by atoms with Crippen LogP contribution in [0.5, 0.6) is 5.88 Å². The van der Waals surface area contributed by atoms with E-state index in [0.717, 1.165) is 23.4 Å². The van der Waals surface area contributed by atoms with Gasteiger partial charge in [0.25, 0.3) is 0 Å². The Morgan fingerprint density at radius 2 is 2.03 bits per heavy atom. The molecule has 0 radical (unpaired) electrons. The molecule has 8 nitrogen and oxygen atoms in total. The lowest BCUT2D eigenvalue weighted by Crippen LogP contribution is -2.15. The number of carbonyl (C=O) groups excluding carboxylic acids is 1. The number of aromatic nitrogens is 5. The zero-order valence-electron chi connectivity index (χ0n) is 17.4. The van der Waals surface area contributed by atoms with Gasteiger partial charge >= 0.3 is 0 Å². The summed E-state index contributed by atoms with van der Waals surface area (Å²) < 4.78 is 9.30. The van der Waals surface area contributed by atoms with E-state index in [1.54, 1.807) is 4.68 Å². The van der Waals surface area contributed by atoms with Gasteiger partial charge in [0, 0.05) is 25.5 Å². The molecule has 0 atom stereocenters. The van der Waals surface area contributed by atoms with Crippen molar-refractivity contribution in [3.05, 3.63) is 35.5 Å². The normalized spacial score (nSPS) is 10.9. The highest BCUT2D eigenvalue weighted by Crippen LogP contribution is 2.29. The van der Waals surface area contributed by atoms with Crippen molar-refractivity contribution in [1.82, 2.24) is 24.5 Å². The molecule has 3 aromatic rings. The summed E-state index contributed by atoms with van der Waals surface area (Å²) in [4.78, 5) is 12.4. The molecule has 1 amide bonds. The maximum absolute atomic E-state index is 12.4. The maximum Gasteiger partial charge on any atom is 0.243 e. The van der Waals surface area contributed by atoms with Gasteiger partial charge in [0.05, 0.1) is 12.4 Å². The Hall–Kier alpha value is -2.81. The third-order valence-corrected chi connectivity index (χ3v) is 5.42. The minimum Gasteiger partial charge on any atom is -0.476 e. The lowest BCUT2D eigenvalue weighted by Gasteiger charge is -2.09. The van der Waals surface area contributed by atoms with Crippen LogP contribution in [0.15, 0.2) is 29.6 Å². The molecule has 3 rings (SSSR count). The van der Waals surface area contributed by atoms with Crippen molar-refractivity contribution in [3.63, 3.8) is 0 Å². The quantitative estimate of drug-likeness (QED) is 0.568. The molecule has 0 saturated carbocycles.